The molecule has 0 radical (unpaired) electrons. The van der Waals surface area contributed by atoms with Crippen LogP contribution in [0.15, 0.2) is 12.1 Å². The number of fused-ring (bicyclic) bond motifs is 2. The Kier molecular flexibility index (Phi) is 3.07. The molecule has 1 aromatic rings. The molecule has 3 aliphatic rings. The standard InChI is InChI=1S/C16H19N3O3/c1-17-16(21)10-5-9(4-8-2-3-22-14(8)10)15(20)19-13-11-6-18-7-12(11)13/h4-5,11-13,18H,2-3,6-7H2,1H3,(H,17,21)(H,19,20). The van der Waals surface area contributed by atoms with E-state index >= 15 is 0 Å². The van der Waals surface area contributed by atoms with E-state index in [9.17, 15) is 9.59 Å². The van der Waals surface area contributed by atoms with E-state index < -0.39 is 0 Å². The molecule has 4 rings (SSSR count). The summed E-state index contributed by atoms with van der Waals surface area (Å²) in [7, 11) is 1.58. The predicted molar refractivity (Wildman–Crippen MR) is 80.1 cm³/mol. The number of benzene rings is 1. The Balaban J connectivity index is 1.58. The second-order valence-corrected chi connectivity index (χ2v) is 6.17. The lowest BCUT2D eigenvalue weighted by atomic mass is 10.0. The molecule has 1 saturated heterocycles. The van der Waals surface area contributed by atoms with Crippen molar-refractivity contribution in [2.75, 3.05) is 26.7 Å². The van der Waals surface area contributed by atoms with E-state index in [4.69, 9.17) is 4.74 Å². The van der Waals surface area contributed by atoms with Crippen LogP contribution in [-0.4, -0.2) is 44.6 Å². The van der Waals surface area contributed by atoms with Crippen molar-refractivity contribution in [2.24, 2.45) is 11.8 Å². The summed E-state index contributed by atoms with van der Waals surface area (Å²) in [6.45, 7) is 2.52. The van der Waals surface area contributed by atoms with Gasteiger partial charge in [-0.25, -0.2) is 0 Å². The monoisotopic (exact) mass is 301 g/mol. The molecule has 2 aliphatic heterocycles. The topological polar surface area (TPSA) is 79.5 Å². The van der Waals surface area contributed by atoms with Crippen molar-refractivity contribution in [2.45, 2.75) is 12.5 Å². The highest BCUT2D eigenvalue weighted by Crippen LogP contribution is 2.41. The van der Waals surface area contributed by atoms with Gasteiger partial charge in [-0.3, -0.25) is 9.59 Å². The molecule has 2 atom stereocenters. The summed E-state index contributed by atoms with van der Waals surface area (Å²) < 4.78 is 5.54. The van der Waals surface area contributed by atoms with Gasteiger partial charge in [-0.1, -0.05) is 0 Å². The van der Waals surface area contributed by atoms with Crippen molar-refractivity contribution < 1.29 is 14.3 Å². The average molecular weight is 301 g/mol. The molecular weight excluding hydrogens is 282 g/mol. The zero-order chi connectivity index (χ0) is 15.3. The normalized spacial score (nSPS) is 27.6. The third kappa shape index (κ3) is 2.06. The van der Waals surface area contributed by atoms with Gasteiger partial charge in [0, 0.05) is 38.2 Å². The number of hydrogen-bond acceptors (Lipinski definition) is 4. The summed E-state index contributed by atoms with van der Waals surface area (Å²) in [5.41, 5.74) is 1.92. The Morgan fingerprint density at radius 1 is 1.23 bits per heavy atom. The Morgan fingerprint density at radius 2 is 2.00 bits per heavy atom. The van der Waals surface area contributed by atoms with Gasteiger partial charge < -0.3 is 20.7 Å². The van der Waals surface area contributed by atoms with E-state index in [1.54, 1.807) is 13.1 Å². The van der Waals surface area contributed by atoms with Crippen LogP contribution in [0.25, 0.3) is 0 Å². The predicted octanol–water partition coefficient (Wildman–Crippen LogP) is -0.0713. The summed E-state index contributed by atoms with van der Waals surface area (Å²) >= 11 is 0. The zero-order valence-corrected chi connectivity index (χ0v) is 12.4. The molecule has 3 N–H and O–H groups in total. The number of nitrogens with one attached hydrogen (secondary N) is 3. The number of piperidine rings is 1. The van der Waals surface area contributed by atoms with Gasteiger partial charge >= 0.3 is 0 Å². The Hall–Kier alpha value is -2.08. The molecule has 116 valence electrons. The Morgan fingerprint density at radius 3 is 2.73 bits per heavy atom. The molecule has 0 aromatic heterocycles. The minimum absolute atomic E-state index is 0.0979. The second kappa shape index (κ2) is 4.98. The zero-order valence-electron chi connectivity index (χ0n) is 12.4. The lowest BCUT2D eigenvalue weighted by molar-refractivity contribution is 0.0946. The van der Waals surface area contributed by atoms with Crippen LogP contribution in [-0.2, 0) is 6.42 Å². The lowest BCUT2D eigenvalue weighted by Gasteiger charge is -2.11. The van der Waals surface area contributed by atoms with Crippen molar-refractivity contribution in [3.05, 3.63) is 28.8 Å². The fourth-order valence-electron chi connectivity index (χ4n) is 3.61. The lowest BCUT2D eigenvalue weighted by Crippen LogP contribution is -2.32. The Labute approximate surface area is 128 Å². The van der Waals surface area contributed by atoms with Gasteiger partial charge in [-0.15, -0.1) is 0 Å². The largest absolute Gasteiger partial charge is 0.492 e. The van der Waals surface area contributed by atoms with Crippen LogP contribution >= 0.6 is 0 Å². The molecule has 1 aromatic carbocycles. The van der Waals surface area contributed by atoms with Crippen molar-refractivity contribution in [3.8, 4) is 5.75 Å². The molecule has 2 unspecified atom stereocenters. The maximum atomic E-state index is 12.5. The maximum absolute atomic E-state index is 12.5. The first kappa shape index (κ1) is 13.6. The highest BCUT2D eigenvalue weighted by Gasteiger charge is 2.53. The van der Waals surface area contributed by atoms with Gasteiger partial charge in [0.25, 0.3) is 11.8 Å². The van der Waals surface area contributed by atoms with Gasteiger partial charge in [0.2, 0.25) is 0 Å². The van der Waals surface area contributed by atoms with Gasteiger partial charge in [-0.05, 0) is 29.5 Å². The highest BCUT2D eigenvalue weighted by atomic mass is 16.5. The van der Waals surface area contributed by atoms with Crippen molar-refractivity contribution in [3.63, 3.8) is 0 Å². The van der Waals surface area contributed by atoms with Crippen LogP contribution in [0.2, 0.25) is 0 Å². The van der Waals surface area contributed by atoms with Crippen molar-refractivity contribution in [1.29, 1.82) is 0 Å². The number of rotatable bonds is 3. The van der Waals surface area contributed by atoms with Crippen molar-refractivity contribution >= 4 is 11.8 Å². The minimum atomic E-state index is -0.222. The van der Waals surface area contributed by atoms with E-state index in [1.165, 1.54) is 0 Å². The maximum Gasteiger partial charge on any atom is 0.254 e. The van der Waals surface area contributed by atoms with E-state index in [0.29, 0.717) is 35.3 Å². The third-order valence-corrected chi connectivity index (χ3v) is 4.91. The number of carbonyl (C=O) groups is 2. The molecule has 2 heterocycles. The first-order chi connectivity index (χ1) is 10.7. The minimum Gasteiger partial charge on any atom is -0.492 e. The molecule has 1 aliphatic carbocycles. The van der Waals surface area contributed by atoms with Crippen LogP contribution in [0.4, 0.5) is 0 Å². The molecule has 2 fully saturated rings. The average Bonchev–Trinajstić information content (AvgIpc) is 2.96. The molecule has 1 saturated carbocycles. The van der Waals surface area contributed by atoms with Crippen LogP contribution in [0.5, 0.6) is 5.75 Å². The van der Waals surface area contributed by atoms with Gasteiger partial charge in [0.15, 0.2) is 0 Å². The SMILES string of the molecule is CNC(=O)c1cc(C(=O)NC2C3CNCC32)cc2c1OCC2. The fraction of sp³-hybridized carbons (Fsp3) is 0.500. The molecule has 2 amide bonds. The molecule has 6 nitrogen and oxygen atoms in total. The summed E-state index contributed by atoms with van der Waals surface area (Å²) in [5, 5.41) is 9.01. The van der Waals surface area contributed by atoms with Crippen molar-refractivity contribution in [1.82, 2.24) is 16.0 Å². The summed E-state index contributed by atoms with van der Waals surface area (Å²) in [4.78, 5) is 24.5. The molecule has 6 heteroatoms. The van der Waals surface area contributed by atoms with E-state index in [2.05, 4.69) is 16.0 Å². The third-order valence-electron chi connectivity index (χ3n) is 4.91. The fourth-order valence-corrected chi connectivity index (χ4v) is 3.61. The molecular formula is C16H19N3O3. The second-order valence-electron chi connectivity index (χ2n) is 6.17. The smallest absolute Gasteiger partial charge is 0.254 e. The molecule has 22 heavy (non-hydrogen) atoms. The van der Waals surface area contributed by atoms with E-state index in [0.717, 1.165) is 25.1 Å². The Bertz CT molecular complexity index is 648. The summed E-state index contributed by atoms with van der Waals surface area (Å²) in [6.07, 6.45) is 0.735. The van der Waals surface area contributed by atoms with Gasteiger partial charge in [0.05, 0.1) is 12.2 Å². The number of hydrogen-bond donors (Lipinski definition) is 3. The van der Waals surface area contributed by atoms with E-state index in [-0.39, 0.29) is 17.9 Å². The van der Waals surface area contributed by atoms with Gasteiger partial charge in [-0.2, -0.15) is 0 Å². The molecule has 0 bridgehead atoms. The summed E-state index contributed by atoms with van der Waals surface area (Å²) in [5.74, 6) is 1.43. The number of ether oxygens (including phenoxy) is 1. The first-order valence-corrected chi connectivity index (χ1v) is 7.72. The van der Waals surface area contributed by atoms with Gasteiger partial charge in [0.1, 0.15) is 5.75 Å². The number of amides is 2. The van der Waals surface area contributed by atoms with Crippen LogP contribution < -0.4 is 20.7 Å². The quantitative estimate of drug-likeness (QED) is 0.730. The van der Waals surface area contributed by atoms with Crippen LogP contribution in [0.3, 0.4) is 0 Å². The van der Waals surface area contributed by atoms with E-state index in [1.807, 2.05) is 6.07 Å². The first-order valence-electron chi connectivity index (χ1n) is 7.72. The summed E-state index contributed by atoms with van der Waals surface area (Å²) in [6, 6.07) is 3.76. The van der Waals surface area contributed by atoms with Crippen LogP contribution in [0, 0.1) is 11.8 Å². The highest BCUT2D eigenvalue weighted by molar-refractivity contribution is 6.02. The number of carbonyl (C=O) groups excluding carboxylic acids is 2. The molecule has 0 spiro atoms. The van der Waals surface area contributed by atoms with Crippen LogP contribution in [0.1, 0.15) is 26.3 Å².